The van der Waals surface area contributed by atoms with Gasteiger partial charge in [0.05, 0.1) is 0 Å². The zero-order chi connectivity index (χ0) is 12.1. The molecule has 0 rings (SSSR count). The van der Waals surface area contributed by atoms with E-state index in [0.717, 1.165) is 12.8 Å². The molecule has 1 atom stereocenters. The average Bonchev–Trinajstić information content (AvgIpc) is 2.16. The first-order valence-corrected chi connectivity index (χ1v) is 6.05. The molecule has 1 unspecified atom stereocenters. The number of thioether (sulfide) groups is 1. The number of carbonyl (C=O) groups excluding carboxylic acids is 1. The summed E-state index contributed by atoms with van der Waals surface area (Å²) in [6, 6.07) is 0. The highest BCUT2D eigenvalue weighted by Crippen LogP contribution is 2.30. The number of alkyl halides is 2. The van der Waals surface area contributed by atoms with Gasteiger partial charge in [0, 0.05) is 5.75 Å². The first kappa shape index (κ1) is 14.8. The molecule has 0 aromatic carbocycles. The molecule has 0 amide bonds. The Balaban J connectivity index is 4.25. The van der Waals surface area contributed by atoms with Crippen LogP contribution in [0.4, 0.5) is 8.78 Å². The van der Waals surface area contributed by atoms with Gasteiger partial charge in [-0.1, -0.05) is 39.0 Å². The summed E-state index contributed by atoms with van der Waals surface area (Å²) >= 11 is 0.605. The van der Waals surface area contributed by atoms with Crippen LogP contribution in [0.1, 0.15) is 33.6 Å². The van der Waals surface area contributed by atoms with Crippen molar-refractivity contribution in [3.63, 3.8) is 0 Å². The second-order valence-corrected chi connectivity index (χ2v) is 4.87. The number of hydrogen-bond donors (Lipinski definition) is 1. The Morgan fingerprint density at radius 1 is 1.47 bits per heavy atom. The molecule has 90 valence electrons. The SMILES string of the molecule is CCCCSC(=O)C(F)(F)C(O)C(C)C. The average molecular weight is 240 g/mol. The minimum atomic E-state index is -3.63. The van der Waals surface area contributed by atoms with E-state index < -0.39 is 23.1 Å². The van der Waals surface area contributed by atoms with E-state index in [2.05, 4.69) is 0 Å². The second kappa shape index (κ2) is 6.43. The highest BCUT2D eigenvalue weighted by Gasteiger charge is 2.47. The van der Waals surface area contributed by atoms with Crippen LogP contribution in [0.3, 0.4) is 0 Å². The number of aliphatic hydroxyl groups is 1. The fourth-order valence-corrected chi connectivity index (χ4v) is 1.88. The maximum Gasteiger partial charge on any atom is 0.340 e. The Hall–Kier alpha value is -0.160. The first-order chi connectivity index (χ1) is 6.84. The molecule has 0 heterocycles. The van der Waals surface area contributed by atoms with Crippen molar-refractivity contribution in [1.29, 1.82) is 0 Å². The minimum Gasteiger partial charge on any atom is -0.386 e. The minimum absolute atomic E-state index is 0.385. The maximum atomic E-state index is 13.3. The van der Waals surface area contributed by atoms with Crippen molar-refractivity contribution < 1.29 is 18.7 Å². The summed E-state index contributed by atoms with van der Waals surface area (Å²) in [5, 5.41) is 7.97. The number of hydrogen-bond acceptors (Lipinski definition) is 3. The molecule has 0 bridgehead atoms. The molecular formula is C10H18F2O2S. The zero-order valence-corrected chi connectivity index (χ0v) is 10.1. The maximum absolute atomic E-state index is 13.3. The lowest BCUT2D eigenvalue weighted by atomic mass is 10.0. The van der Waals surface area contributed by atoms with E-state index in [-0.39, 0.29) is 0 Å². The molecule has 1 N–H and O–H groups in total. The van der Waals surface area contributed by atoms with Crippen LogP contribution in [-0.4, -0.2) is 28.0 Å². The van der Waals surface area contributed by atoms with Gasteiger partial charge in [-0.25, -0.2) is 0 Å². The van der Waals surface area contributed by atoms with Gasteiger partial charge in [-0.15, -0.1) is 0 Å². The van der Waals surface area contributed by atoms with E-state index >= 15 is 0 Å². The van der Waals surface area contributed by atoms with Crippen LogP contribution >= 0.6 is 11.8 Å². The fourth-order valence-electron chi connectivity index (χ4n) is 0.945. The number of unbranched alkanes of at least 4 members (excludes halogenated alkanes) is 1. The monoisotopic (exact) mass is 240 g/mol. The molecule has 0 aliphatic carbocycles. The van der Waals surface area contributed by atoms with E-state index in [1.165, 1.54) is 13.8 Å². The fraction of sp³-hybridized carbons (Fsp3) is 0.900. The second-order valence-electron chi connectivity index (χ2n) is 3.80. The summed E-state index contributed by atoms with van der Waals surface area (Å²) < 4.78 is 26.5. The standard InChI is InChI=1S/C10H18F2O2S/c1-4-5-6-15-9(14)10(11,12)8(13)7(2)3/h7-8,13H,4-6H2,1-3H3. The van der Waals surface area contributed by atoms with Crippen molar-refractivity contribution in [3.8, 4) is 0 Å². The molecule has 0 saturated carbocycles. The van der Waals surface area contributed by atoms with E-state index in [0.29, 0.717) is 17.5 Å². The molecule has 0 fully saturated rings. The predicted octanol–water partition coefficient (Wildman–Crippen LogP) is 2.70. The molecule has 0 saturated heterocycles. The van der Waals surface area contributed by atoms with Crippen LogP contribution in [0.15, 0.2) is 0 Å². The van der Waals surface area contributed by atoms with Gasteiger partial charge in [-0.05, 0) is 12.3 Å². The van der Waals surface area contributed by atoms with E-state index in [1.54, 1.807) is 0 Å². The van der Waals surface area contributed by atoms with Crippen molar-refractivity contribution in [2.24, 2.45) is 5.92 Å². The molecule has 0 aliphatic heterocycles. The zero-order valence-electron chi connectivity index (χ0n) is 9.30. The summed E-state index contributed by atoms with van der Waals surface area (Å²) in [5.74, 6) is -3.88. The first-order valence-electron chi connectivity index (χ1n) is 5.07. The van der Waals surface area contributed by atoms with Gasteiger partial charge >= 0.3 is 5.92 Å². The molecule has 15 heavy (non-hydrogen) atoms. The summed E-state index contributed by atoms with van der Waals surface area (Å²) in [6.07, 6.45) is -0.304. The summed E-state index contributed by atoms with van der Waals surface area (Å²) in [5.41, 5.74) is 0. The third-order valence-corrected chi connectivity index (χ3v) is 3.03. The number of rotatable bonds is 6. The molecule has 0 radical (unpaired) electrons. The summed E-state index contributed by atoms with van der Waals surface area (Å²) in [7, 11) is 0. The van der Waals surface area contributed by atoms with E-state index in [4.69, 9.17) is 0 Å². The molecular weight excluding hydrogens is 222 g/mol. The van der Waals surface area contributed by atoms with Crippen LogP contribution in [0.5, 0.6) is 0 Å². The normalized spacial score (nSPS) is 14.3. The van der Waals surface area contributed by atoms with Crippen molar-refractivity contribution in [1.82, 2.24) is 0 Å². The van der Waals surface area contributed by atoms with E-state index in [9.17, 15) is 18.7 Å². The Bertz CT molecular complexity index is 208. The highest BCUT2D eigenvalue weighted by atomic mass is 32.2. The summed E-state index contributed by atoms with van der Waals surface area (Å²) in [4.78, 5) is 11.1. The quantitative estimate of drug-likeness (QED) is 0.725. The highest BCUT2D eigenvalue weighted by molar-refractivity contribution is 8.13. The van der Waals surface area contributed by atoms with Gasteiger partial charge in [0.1, 0.15) is 6.10 Å². The van der Waals surface area contributed by atoms with Gasteiger partial charge in [0.15, 0.2) is 0 Å². The van der Waals surface area contributed by atoms with Crippen LogP contribution in [-0.2, 0) is 4.79 Å². The van der Waals surface area contributed by atoms with Crippen LogP contribution in [0.2, 0.25) is 0 Å². The van der Waals surface area contributed by atoms with Gasteiger partial charge in [0.2, 0.25) is 0 Å². The lowest BCUT2D eigenvalue weighted by Crippen LogP contribution is -2.43. The molecule has 0 aromatic heterocycles. The van der Waals surface area contributed by atoms with Crippen LogP contribution in [0, 0.1) is 5.92 Å². The summed E-state index contributed by atoms with van der Waals surface area (Å²) in [6.45, 7) is 4.84. The van der Waals surface area contributed by atoms with Gasteiger partial charge in [-0.2, -0.15) is 8.78 Å². The van der Waals surface area contributed by atoms with Crippen molar-refractivity contribution >= 4 is 16.9 Å². The van der Waals surface area contributed by atoms with Crippen molar-refractivity contribution in [2.45, 2.75) is 45.6 Å². The Morgan fingerprint density at radius 2 is 2.00 bits per heavy atom. The number of aliphatic hydroxyl groups excluding tert-OH is 1. The predicted molar refractivity (Wildman–Crippen MR) is 58.2 cm³/mol. The third kappa shape index (κ3) is 4.47. The lowest BCUT2D eigenvalue weighted by Gasteiger charge is -2.23. The smallest absolute Gasteiger partial charge is 0.340 e. The third-order valence-electron chi connectivity index (χ3n) is 2.01. The van der Waals surface area contributed by atoms with Crippen LogP contribution < -0.4 is 0 Å². The van der Waals surface area contributed by atoms with Gasteiger partial charge < -0.3 is 5.11 Å². The van der Waals surface area contributed by atoms with Crippen LogP contribution in [0.25, 0.3) is 0 Å². The molecule has 0 aromatic rings. The molecule has 0 spiro atoms. The number of carbonyl (C=O) groups is 1. The lowest BCUT2D eigenvalue weighted by molar-refractivity contribution is -0.156. The molecule has 0 aliphatic rings. The topological polar surface area (TPSA) is 37.3 Å². The molecule has 5 heteroatoms. The van der Waals surface area contributed by atoms with Crippen molar-refractivity contribution in [3.05, 3.63) is 0 Å². The Morgan fingerprint density at radius 3 is 2.40 bits per heavy atom. The van der Waals surface area contributed by atoms with Crippen molar-refractivity contribution in [2.75, 3.05) is 5.75 Å². The van der Waals surface area contributed by atoms with E-state index in [1.807, 2.05) is 6.92 Å². The largest absolute Gasteiger partial charge is 0.386 e. The van der Waals surface area contributed by atoms with Gasteiger partial charge in [-0.3, -0.25) is 4.79 Å². The van der Waals surface area contributed by atoms with Gasteiger partial charge in [0.25, 0.3) is 5.12 Å². The molecule has 2 nitrogen and oxygen atoms in total. The Labute approximate surface area is 93.4 Å². The Kier molecular flexibility index (Phi) is 6.36. The number of halogens is 2.